The minimum atomic E-state index is -0.732. The summed E-state index contributed by atoms with van der Waals surface area (Å²) in [7, 11) is 0. The molecule has 18 heavy (non-hydrogen) atoms. The zero-order valence-electron chi connectivity index (χ0n) is 11.8. The molecular formula is C15H26O3. The Kier molecular flexibility index (Phi) is 3.37. The van der Waals surface area contributed by atoms with Crippen LogP contribution in [0.1, 0.15) is 59.3 Å². The largest absolute Gasteiger partial charge is 0.390 e. The van der Waals surface area contributed by atoms with Crippen LogP contribution in [0.3, 0.4) is 0 Å². The molecule has 0 bridgehead atoms. The van der Waals surface area contributed by atoms with Crippen molar-refractivity contribution < 1.29 is 15.3 Å². The smallest absolute Gasteiger partial charge is 0.130 e. The topological polar surface area (TPSA) is 49.7 Å². The van der Waals surface area contributed by atoms with E-state index in [0.29, 0.717) is 6.42 Å². The van der Waals surface area contributed by atoms with Gasteiger partial charge in [0, 0.05) is 5.41 Å². The van der Waals surface area contributed by atoms with Crippen LogP contribution in [0.15, 0.2) is 12.2 Å². The van der Waals surface area contributed by atoms with E-state index < -0.39 is 11.2 Å². The summed E-state index contributed by atoms with van der Waals surface area (Å²) in [6, 6.07) is 0. The third-order valence-corrected chi connectivity index (χ3v) is 5.49. The molecule has 0 aliphatic heterocycles. The summed E-state index contributed by atoms with van der Waals surface area (Å²) in [6.45, 7) is 10.0. The molecule has 0 heterocycles. The first-order valence-electron chi connectivity index (χ1n) is 6.98. The molecule has 3 nitrogen and oxygen atoms in total. The zero-order chi connectivity index (χ0) is 13.6. The standard InChI is InChI=1S/C15H26O3/c1-11-6-5-8-14(4)9-7-12(13(2,3)16)10-15(11,14)18-17/h12,16-17H,1,5-10H2,2-4H3. The maximum Gasteiger partial charge on any atom is 0.130 e. The normalized spacial score (nSPS) is 41.6. The first-order chi connectivity index (χ1) is 8.25. The third-order valence-electron chi connectivity index (χ3n) is 5.49. The molecule has 0 saturated heterocycles. The maximum atomic E-state index is 10.2. The van der Waals surface area contributed by atoms with Gasteiger partial charge >= 0.3 is 0 Å². The highest BCUT2D eigenvalue weighted by molar-refractivity contribution is 5.24. The Balaban J connectivity index is 2.34. The highest BCUT2D eigenvalue weighted by Crippen LogP contribution is 2.58. The molecule has 104 valence electrons. The Morgan fingerprint density at radius 2 is 2.06 bits per heavy atom. The fourth-order valence-electron chi connectivity index (χ4n) is 4.00. The number of rotatable bonds is 2. The van der Waals surface area contributed by atoms with E-state index in [1.54, 1.807) is 0 Å². The van der Waals surface area contributed by atoms with E-state index >= 15 is 0 Å². The fraction of sp³-hybridized carbons (Fsp3) is 0.867. The second-order valence-corrected chi connectivity index (χ2v) is 7.03. The Hall–Kier alpha value is -0.380. The van der Waals surface area contributed by atoms with Gasteiger partial charge in [-0.1, -0.05) is 13.5 Å². The molecule has 0 spiro atoms. The lowest BCUT2D eigenvalue weighted by atomic mass is 9.52. The Labute approximate surface area is 110 Å². The monoisotopic (exact) mass is 254 g/mol. The number of hydrogen-bond donors (Lipinski definition) is 2. The average molecular weight is 254 g/mol. The van der Waals surface area contributed by atoms with Crippen molar-refractivity contribution >= 4 is 0 Å². The molecule has 2 aliphatic carbocycles. The van der Waals surface area contributed by atoms with Gasteiger partial charge in [0.25, 0.3) is 0 Å². The van der Waals surface area contributed by atoms with Gasteiger partial charge in [0.05, 0.1) is 5.60 Å². The first kappa shape index (κ1) is 14.0. The van der Waals surface area contributed by atoms with Crippen LogP contribution < -0.4 is 0 Å². The molecule has 2 N–H and O–H groups in total. The summed E-state index contributed by atoms with van der Waals surface area (Å²) in [5.74, 6) is 0.146. The molecule has 0 aromatic rings. The van der Waals surface area contributed by atoms with Crippen molar-refractivity contribution in [3.8, 4) is 0 Å². The molecule has 0 amide bonds. The van der Waals surface area contributed by atoms with Crippen LogP contribution in [0.4, 0.5) is 0 Å². The minimum absolute atomic E-state index is 0.0428. The molecule has 2 fully saturated rings. The predicted molar refractivity (Wildman–Crippen MR) is 71.2 cm³/mol. The van der Waals surface area contributed by atoms with Crippen molar-refractivity contribution in [3.63, 3.8) is 0 Å². The second-order valence-electron chi connectivity index (χ2n) is 7.03. The van der Waals surface area contributed by atoms with E-state index in [-0.39, 0.29) is 11.3 Å². The van der Waals surface area contributed by atoms with E-state index in [2.05, 4.69) is 13.5 Å². The zero-order valence-corrected chi connectivity index (χ0v) is 11.8. The molecule has 3 heteroatoms. The van der Waals surface area contributed by atoms with E-state index in [1.165, 1.54) is 0 Å². The maximum absolute atomic E-state index is 10.2. The molecule has 0 radical (unpaired) electrons. The van der Waals surface area contributed by atoms with Crippen LogP contribution >= 0.6 is 0 Å². The van der Waals surface area contributed by atoms with Gasteiger partial charge < -0.3 is 5.11 Å². The van der Waals surface area contributed by atoms with Crippen LogP contribution in [0.25, 0.3) is 0 Å². The molecular weight excluding hydrogens is 228 g/mol. The van der Waals surface area contributed by atoms with Crippen LogP contribution in [-0.2, 0) is 4.89 Å². The Bertz CT molecular complexity index is 344. The van der Waals surface area contributed by atoms with Crippen molar-refractivity contribution in [2.45, 2.75) is 70.5 Å². The quantitative estimate of drug-likeness (QED) is 0.450. The fourth-order valence-corrected chi connectivity index (χ4v) is 4.00. The van der Waals surface area contributed by atoms with Crippen molar-refractivity contribution in [1.82, 2.24) is 0 Å². The summed E-state index contributed by atoms with van der Waals surface area (Å²) in [5, 5.41) is 19.8. The highest BCUT2D eigenvalue weighted by atomic mass is 17.1. The Morgan fingerprint density at radius 1 is 1.39 bits per heavy atom. The van der Waals surface area contributed by atoms with Gasteiger partial charge in [0.2, 0.25) is 0 Å². The van der Waals surface area contributed by atoms with Crippen LogP contribution in [-0.4, -0.2) is 21.6 Å². The van der Waals surface area contributed by atoms with E-state index in [1.807, 2.05) is 13.8 Å². The van der Waals surface area contributed by atoms with Crippen molar-refractivity contribution in [2.24, 2.45) is 11.3 Å². The highest BCUT2D eigenvalue weighted by Gasteiger charge is 2.58. The molecule has 2 aliphatic rings. The van der Waals surface area contributed by atoms with Gasteiger partial charge in [-0.3, -0.25) is 5.26 Å². The lowest BCUT2D eigenvalue weighted by molar-refractivity contribution is -0.358. The number of hydrogen-bond acceptors (Lipinski definition) is 3. The predicted octanol–water partition coefficient (Wildman–Crippen LogP) is 3.53. The Morgan fingerprint density at radius 3 is 2.61 bits per heavy atom. The van der Waals surface area contributed by atoms with Crippen molar-refractivity contribution in [1.29, 1.82) is 0 Å². The summed E-state index contributed by atoms with van der Waals surface area (Å²) < 4.78 is 0. The van der Waals surface area contributed by atoms with Gasteiger partial charge in [-0.05, 0) is 63.9 Å². The van der Waals surface area contributed by atoms with Gasteiger partial charge in [0.15, 0.2) is 0 Å². The average Bonchev–Trinajstić information content (AvgIpc) is 2.27. The third kappa shape index (κ3) is 1.93. The van der Waals surface area contributed by atoms with Gasteiger partial charge in [-0.2, -0.15) is 0 Å². The summed E-state index contributed by atoms with van der Waals surface area (Å²) in [4.78, 5) is 5.01. The minimum Gasteiger partial charge on any atom is -0.390 e. The molecule has 3 unspecified atom stereocenters. The van der Waals surface area contributed by atoms with E-state index in [0.717, 1.165) is 37.7 Å². The lowest BCUT2D eigenvalue weighted by Gasteiger charge is -2.56. The van der Waals surface area contributed by atoms with Crippen molar-refractivity contribution in [2.75, 3.05) is 0 Å². The molecule has 0 aromatic carbocycles. The van der Waals surface area contributed by atoms with Crippen LogP contribution in [0.2, 0.25) is 0 Å². The van der Waals surface area contributed by atoms with Crippen molar-refractivity contribution in [3.05, 3.63) is 12.2 Å². The van der Waals surface area contributed by atoms with Crippen LogP contribution in [0.5, 0.6) is 0 Å². The van der Waals surface area contributed by atoms with E-state index in [4.69, 9.17) is 4.89 Å². The molecule has 0 aromatic heterocycles. The lowest BCUT2D eigenvalue weighted by Crippen LogP contribution is -2.57. The van der Waals surface area contributed by atoms with E-state index in [9.17, 15) is 10.4 Å². The van der Waals surface area contributed by atoms with Crippen LogP contribution in [0, 0.1) is 11.3 Å². The van der Waals surface area contributed by atoms with Gasteiger partial charge in [-0.15, -0.1) is 0 Å². The van der Waals surface area contributed by atoms with Gasteiger partial charge in [-0.25, -0.2) is 4.89 Å². The summed E-state index contributed by atoms with van der Waals surface area (Å²) in [5.41, 5.74) is -0.440. The SMILES string of the molecule is C=C1CCCC2(C)CCC(C(C)(C)O)CC12OO. The summed E-state index contributed by atoms with van der Waals surface area (Å²) >= 11 is 0. The number of fused-ring (bicyclic) bond motifs is 1. The number of aliphatic hydroxyl groups is 1. The molecule has 2 saturated carbocycles. The molecule has 3 atom stereocenters. The van der Waals surface area contributed by atoms with Gasteiger partial charge in [0.1, 0.15) is 5.60 Å². The summed E-state index contributed by atoms with van der Waals surface area (Å²) in [6.07, 6.45) is 5.72. The first-order valence-corrected chi connectivity index (χ1v) is 6.98. The molecule has 2 rings (SSSR count). The second kappa shape index (κ2) is 4.32.